The minimum absolute atomic E-state index is 0.0298. The molecule has 7 nitrogen and oxygen atoms in total. The average Bonchev–Trinajstić information content (AvgIpc) is 2.67. The molecule has 1 N–H and O–H groups in total. The first-order valence-corrected chi connectivity index (χ1v) is 9.20. The predicted molar refractivity (Wildman–Crippen MR) is 96.5 cm³/mol. The van der Waals surface area contributed by atoms with Crippen LogP contribution in [0.1, 0.15) is 26.7 Å². The highest BCUT2D eigenvalue weighted by Gasteiger charge is 2.30. The van der Waals surface area contributed by atoms with E-state index in [1.165, 1.54) is 0 Å². The molecule has 26 heavy (non-hydrogen) atoms. The van der Waals surface area contributed by atoms with E-state index >= 15 is 0 Å². The Labute approximate surface area is 153 Å². The maximum atomic E-state index is 12.7. The third-order valence-corrected chi connectivity index (χ3v) is 4.72. The van der Waals surface area contributed by atoms with Crippen molar-refractivity contribution in [1.29, 1.82) is 0 Å². The number of anilines is 1. The van der Waals surface area contributed by atoms with E-state index in [1.54, 1.807) is 0 Å². The number of fused-ring (bicyclic) bond motifs is 1. The molecule has 1 atom stereocenters. The van der Waals surface area contributed by atoms with Gasteiger partial charge in [0.2, 0.25) is 5.91 Å². The zero-order valence-electron chi connectivity index (χ0n) is 15.3. The molecular weight excluding hydrogens is 336 g/mol. The molecule has 0 bridgehead atoms. The fourth-order valence-corrected chi connectivity index (χ4v) is 3.31. The zero-order chi connectivity index (χ0) is 18.5. The van der Waals surface area contributed by atoms with Crippen LogP contribution in [0.15, 0.2) is 18.2 Å². The molecule has 2 heterocycles. The SMILES string of the molecule is CCOC(=O)C1CCN(C(=O)C(C)Nc2ccc3c(c2)OCCO3)CC1. The van der Waals surface area contributed by atoms with Gasteiger partial charge in [-0.1, -0.05) is 0 Å². The first-order valence-electron chi connectivity index (χ1n) is 9.20. The smallest absolute Gasteiger partial charge is 0.309 e. The lowest BCUT2D eigenvalue weighted by molar-refractivity contribution is -0.151. The van der Waals surface area contributed by atoms with Crippen molar-refractivity contribution in [1.82, 2.24) is 4.90 Å². The van der Waals surface area contributed by atoms with E-state index in [-0.39, 0.29) is 23.8 Å². The second-order valence-electron chi connectivity index (χ2n) is 6.58. The lowest BCUT2D eigenvalue weighted by atomic mass is 9.96. The van der Waals surface area contributed by atoms with Gasteiger partial charge in [0.25, 0.3) is 0 Å². The molecule has 2 aliphatic rings. The van der Waals surface area contributed by atoms with Crippen LogP contribution in [0.2, 0.25) is 0 Å². The van der Waals surface area contributed by atoms with Crippen molar-refractivity contribution in [2.75, 3.05) is 38.2 Å². The van der Waals surface area contributed by atoms with Crippen LogP contribution in [0.4, 0.5) is 5.69 Å². The van der Waals surface area contributed by atoms with E-state index in [1.807, 2.05) is 36.9 Å². The summed E-state index contributed by atoms with van der Waals surface area (Å²) in [7, 11) is 0. The topological polar surface area (TPSA) is 77.1 Å². The molecule has 0 aromatic heterocycles. The number of nitrogens with zero attached hydrogens (tertiary/aromatic N) is 1. The van der Waals surface area contributed by atoms with Gasteiger partial charge in [-0.25, -0.2) is 0 Å². The lowest BCUT2D eigenvalue weighted by Gasteiger charge is -2.33. The van der Waals surface area contributed by atoms with Crippen LogP contribution in [-0.4, -0.2) is 55.7 Å². The zero-order valence-corrected chi connectivity index (χ0v) is 15.3. The van der Waals surface area contributed by atoms with Crippen molar-refractivity contribution in [3.63, 3.8) is 0 Å². The van der Waals surface area contributed by atoms with Crippen LogP contribution in [0, 0.1) is 5.92 Å². The maximum Gasteiger partial charge on any atom is 0.309 e. The fourth-order valence-electron chi connectivity index (χ4n) is 3.31. The molecule has 3 rings (SSSR count). The number of likely N-dealkylation sites (tertiary alicyclic amines) is 1. The Morgan fingerprint density at radius 2 is 1.92 bits per heavy atom. The number of hydrogen-bond donors (Lipinski definition) is 1. The van der Waals surface area contributed by atoms with Gasteiger partial charge in [-0.2, -0.15) is 0 Å². The van der Waals surface area contributed by atoms with Gasteiger partial charge in [-0.05, 0) is 38.8 Å². The monoisotopic (exact) mass is 362 g/mol. The normalized spacial score (nSPS) is 18.2. The maximum absolute atomic E-state index is 12.7. The summed E-state index contributed by atoms with van der Waals surface area (Å²) < 4.78 is 16.2. The molecule has 0 saturated carbocycles. The standard InChI is InChI=1S/C19H26N2O5/c1-3-24-19(23)14-6-8-21(9-7-14)18(22)13(2)20-15-4-5-16-17(12-15)26-11-10-25-16/h4-5,12-14,20H,3,6-11H2,1-2H3. The molecule has 7 heteroatoms. The van der Waals surface area contributed by atoms with E-state index in [0.29, 0.717) is 51.5 Å². The van der Waals surface area contributed by atoms with E-state index in [2.05, 4.69) is 5.32 Å². The molecule has 0 spiro atoms. The summed E-state index contributed by atoms with van der Waals surface area (Å²) in [5.41, 5.74) is 0.816. The highest BCUT2D eigenvalue weighted by molar-refractivity contribution is 5.85. The summed E-state index contributed by atoms with van der Waals surface area (Å²) in [6.07, 6.45) is 1.31. The summed E-state index contributed by atoms with van der Waals surface area (Å²) in [5.74, 6) is 1.20. The molecule has 1 fully saturated rings. The quantitative estimate of drug-likeness (QED) is 0.808. The van der Waals surface area contributed by atoms with Crippen LogP contribution in [-0.2, 0) is 14.3 Å². The van der Waals surface area contributed by atoms with E-state index in [4.69, 9.17) is 14.2 Å². The van der Waals surface area contributed by atoms with Crippen molar-refractivity contribution in [2.24, 2.45) is 5.92 Å². The first-order chi connectivity index (χ1) is 12.6. The highest BCUT2D eigenvalue weighted by Crippen LogP contribution is 2.32. The lowest BCUT2D eigenvalue weighted by Crippen LogP contribution is -2.46. The van der Waals surface area contributed by atoms with Crippen molar-refractivity contribution in [3.05, 3.63) is 18.2 Å². The van der Waals surface area contributed by atoms with Crippen LogP contribution in [0.3, 0.4) is 0 Å². The summed E-state index contributed by atoms with van der Waals surface area (Å²) in [6, 6.07) is 5.21. The molecule has 2 aliphatic heterocycles. The number of hydrogen-bond acceptors (Lipinski definition) is 6. The number of carbonyl (C=O) groups excluding carboxylic acids is 2. The number of amides is 1. The molecule has 142 valence electrons. The van der Waals surface area contributed by atoms with Gasteiger partial charge in [-0.3, -0.25) is 9.59 Å². The van der Waals surface area contributed by atoms with Gasteiger partial charge >= 0.3 is 5.97 Å². The molecule has 1 aromatic rings. The molecule has 1 amide bonds. The predicted octanol–water partition coefficient (Wildman–Crippen LogP) is 2.06. The van der Waals surface area contributed by atoms with Gasteiger partial charge in [-0.15, -0.1) is 0 Å². The Hall–Kier alpha value is -2.44. The number of piperidine rings is 1. The number of benzene rings is 1. The van der Waals surface area contributed by atoms with Crippen LogP contribution >= 0.6 is 0 Å². The molecule has 0 radical (unpaired) electrons. The van der Waals surface area contributed by atoms with Gasteiger partial charge in [0, 0.05) is 24.8 Å². The van der Waals surface area contributed by atoms with Crippen molar-refractivity contribution < 1.29 is 23.8 Å². The van der Waals surface area contributed by atoms with E-state index in [9.17, 15) is 9.59 Å². The summed E-state index contributed by atoms with van der Waals surface area (Å²) in [6.45, 7) is 6.29. The summed E-state index contributed by atoms with van der Waals surface area (Å²) in [4.78, 5) is 26.3. The van der Waals surface area contributed by atoms with Crippen LogP contribution < -0.4 is 14.8 Å². The fraction of sp³-hybridized carbons (Fsp3) is 0.579. The second-order valence-corrected chi connectivity index (χ2v) is 6.58. The van der Waals surface area contributed by atoms with Gasteiger partial charge in [0.05, 0.1) is 12.5 Å². The van der Waals surface area contributed by atoms with Gasteiger partial charge in [0.1, 0.15) is 19.3 Å². The molecular formula is C19H26N2O5. The first kappa shape index (κ1) is 18.4. The van der Waals surface area contributed by atoms with E-state index < -0.39 is 0 Å². The number of ether oxygens (including phenoxy) is 3. The largest absolute Gasteiger partial charge is 0.486 e. The third-order valence-electron chi connectivity index (χ3n) is 4.72. The van der Waals surface area contributed by atoms with Crippen molar-refractivity contribution in [2.45, 2.75) is 32.7 Å². The molecule has 0 aliphatic carbocycles. The minimum atomic E-state index is -0.364. The van der Waals surface area contributed by atoms with Gasteiger partial charge < -0.3 is 24.4 Å². The van der Waals surface area contributed by atoms with Gasteiger partial charge in [0.15, 0.2) is 11.5 Å². The Balaban J connectivity index is 1.53. The molecule has 1 aromatic carbocycles. The van der Waals surface area contributed by atoms with E-state index in [0.717, 1.165) is 11.4 Å². The van der Waals surface area contributed by atoms with Crippen LogP contribution in [0.25, 0.3) is 0 Å². The Morgan fingerprint density at radius 1 is 1.23 bits per heavy atom. The number of nitrogens with one attached hydrogen (secondary N) is 1. The Morgan fingerprint density at radius 3 is 2.62 bits per heavy atom. The highest BCUT2D eigenvalue weighted by atomic mass is 16.6. The number of carbonyl (C=O) groups is 2. The summed E-state index contributed by atoms with van der Waals surface area (Å²) in [5, 5.41) is 3.22. The third kappa shape index (κ3) is 4.20. The summed E-state index contributed by atoms with van der Waals surface area (Å²) >= 11 is 0. The Kier molecular flexibility index (Phi) is 5.85. The average molecular weight is 362 g/mol. The molecule has 1 unspecified atom stereocenters. The Bertz CT molecular complexity index is 655. The minimum Gasteiger partial charge on any atom is -0.486 e. The van der Waals surface area contributed by atoms with Crippen LogP contribution in [0.5, 0.6) is 11.5 Å². The van der Waals surface area contributed by atoms with Crippen molar-refractivity contribution in [3.8, 4) is 11.5 Å². The van der Waals surface area contributed by atoms with Crippen molar-refractivity contribution >= 4 is 17.6 Å². The second kappa shape index (κ2) is 8.29. The number of rotatable bonds is 5. The molecule has 1 saturated heterocycles. The number of esters is 1.